The van der Waals surface area contributed by atoms with Gasteiger partial charge in [-0.3, -0.25) is 19.7 Å². The number of nitro groups is 1. The fourth-order valence-corrected chi connectivity index (χ4v) is 1.58. The first-order valence-electron chi connectivity index (χ1n) is 6.62. The van der Waals surface area contributed by atoms with Crippen LogP contribution < -0.4 is 10.1 Å². The number of benzene rings is 1. The SMILES string of the molecule is CCOc1ccc([N+](=O)[O-])c(C(=O)NCC(C)(C)C(=O)O)c1. The highest BCUT2D eigenvalue weighted by atomic mass is 16.6. The Labute approximate surface area is 127 Å². The molecule has 1 rings (SSSR count). The van der Waals surface area contributed by atoms with Gasteiger partial charge in [0.2, 0.25) is 0 Å². The number of amides is 1. The van der Waals surface area contributed by atoms with Crippen molar-refractivity contribution in [3.05, 3.63) is 33.9 Å². The lowest BCUT2D eigenvalue weighted by molar-refractivity contribution is -0.385. The molecule has 2 N–H and O–H groups in total. The molecule has 0 saturated carbocycles. The molecule has 120 valence electrons. The molecule has 0 aliphatic carbocycles. The first kappa shape index (κ1) is 17.4. The maximum atomic E-state index is 12.1. The summed E-state index contributed by atoms with van der Waals surface area (Å²) in [5, 5.41) is 22.4. The molecule has 0 bridgehead atoms. The Balaban J connectivity index is 3.02. The molecule has 0 spiro atoms. The third-order valence-corrected chi connectivity index (χ3v) is 2.99. The van der Waals surface area contributed by atoms with E-state index in [9.17, 15) is 19.7 Å². The molecule has 1 amide bonds. The average molecular weight is 310 g/mol. The Morgan fingerprint density at radius 2 is 2.05 bits per heavy atom. The molecule has 0 unspecified atom stereocenters. The van der Waals surface area contributed by atoms with Crippen LogP contribution in [0.4, 0.5) is 5.69 Å². The number of rotatable bonds is 7. The van der Waals surface area contributed by atoms with Crippen LogP contribution in [0, 0.1) is 15.5 Å². The Kier molecular flexibility index (Phi) is 5.44. The highest BCUT2D eigenvalue weighted by molar-refractivity contribution is 5.98. The standard InChI is InChI=1S/C14H18N2O6/c1-4-22-9-5-6-11(16(20)21)10(7-9)12(17)15-8-14(2,3)13(18)19/h5-7H,4,8H2,1-3H3,(H,15,17)(H,18,19). The van der Waals surface area contributed by atoms with Gasteiger partial charge in [0.05, 0.1) is 16.9 Å². The van der Waals surface area contributed by atoms with Crippen LogP contribution in [0.25, 0.3) is 0 Å². The van der Waals surface area contributed by atoms with Crippen molar-refractivity contribution >= 4 is 17.6 Å². The molecule has 1 aromatic carbocycles. The van der Waals surface area contributed by atoms with Gasteiger partial charge >= 0.3 is 5.97 Å². The van der Waals surface area contributed by atoms with E-state index in [2.05, 4.69) is 5.32 Å². The van der Waals surface area contributed by atoms with Crippen molar-refractivity contribution < 1.29 is 24.4 Å². The fourth-order valence-electron chi connectivity index (χ4n) is 1.58. The molecule has 0 atom stereocenters. The smallest absolute Gasteiger partial charge is 0.310 e. The molecule has 0 aliphatic rings. The molecule has 22 heavy (non-hydrogen) atoms. The van der Waals surface area contributed by atoms with Gasteiger partial charge in [-0.2, -0.15) is 0 Å². The second-order valence-electron chi connectivity index (χ2n) is 5.24. The topological polar surface area (TPSA) is 119 Å². The molecule has 0 aliphatic heterocycles. The number of hydrogen-bond donors (Lipinski definition) is 2. The van der Waals surface area contributed by atoms with E-state index < -0.39 is 22.2 Å². The van der Waals surface area contributed by atoms with Crippen molar-refractivity contribution in [2.24, 2.45) is 5.41 Å². The van der Waals surface area contributed by atoms with Crippen LogP contribution in [0.15, 0.2) is 18.2 Å². The minimum Gasteiger partial charge on any atom is -0.494 e. The van der Waals surface area contributed by atoms with Crippen LogP contribution in [-0.2, 0) is 4.79 Å². The number of aliphatic carboxylic acids is 1. The predicted octanol–water partition coefficient (Wildman–Crippen LogP) is 1.83. The maximum Gasteiger partial charge on any atom is 0.310 e. The monoisotopic (exact) mass is 310 g/mol. The zero-order valence-corrected chi connectivity index (χ0v) is 12.6. The quantitative estimate of drug-likeness (QED) is 0.586. The summed E-state index contributed by atoms with van der Waals surface area (Å²) in [6, 6.07) is 3.85. The van der Waals surface area contributed by atoms with Crippen molar-refractivity contribution in [2.75, 3.05) is 13.2 Å². The normalized spacial score (nSPS) is 10.9. The average Bonchev–Trinajstić information content (AvgIpc) is 2.44. The number of hydrogen-bond acceptors (Lipinski definition) is 5. The van der Waals surface area contributed by atoms with Gasteiger partial charge < -0.3 is 15.2 Å². The van der Waals surface area contributed by atoms with Crippen LogP contribution in [0.2, 0.25) is 0 Å². The van der Waals surface area contributed by atoms with Gasteiger partial charge in [-0.05, 0) is 32.9 Å². The van der Waals surface area contributed by atoms with Gasteiger partial charge in [0.15, 0.2) is 0 Å². The number of carboxylic acids is 1. The van der Waals surface area contributed by atoms with E-state index in [0.717, 1.165) is 0 Å². The summed E-state index contributed by atoms with van der Waals surface area (Å²) in [6.07, 6.45) is 0. The molecule has 0 heterocycles. The van der Waals surface area contributed by atoms with Crippen LogP contribution in [0.5, 0.6) is 5.75 Å². The van der Waals surface area contributed by atoms with Gasteiger partial charge in [0, 0.05) is 12.6 Å². The summed E-state index contributed by atoms with van der Waals surface area (Å²) < 4.78 is 5.22. The molecule has 8 nitrogen and oxygen atoms in total. The third kappa shape index (κ3) is 4.18. The largest absolute Gasteiger partial charge is 0.494 e. The van der Waals surface area contributed by atoms with Crippen molar-refractivity contribution in [3.8, 4) is 5.75 Å². The van der Waals surface area contributed by atoms with Crippen LogP contribution >= 0.6 is 0 Å². The van der Waals surface area contributed by atoms with Gasteiger partial charge in [-0.1, -0.05) is 0 Å². The molecule has 0 aromatic heterocycles. The van der Waals surface area contributed by atoms with E-state index in [1.165, 1.54) is 32.0 Å². The lowest BCUT2D eigenvalue weighted by Gasteiger charge is -2.19. The van der Waals surface area contributed by atoms with Crippen molar-refractivity contribution in [1.82, 2.24) is 5.32 Å². The van der Waals surface area contributed by atoms with Gasteiger partial charge in [-0.15, -0.1) is 0 Å². The highest BCUT2D eigenvalue weighted by Crippen LogP contribution is 2.24. The molecular formula is C14H18N2O6. The second kappa shape index (κ2) is 6.88. The van der Waals surface area contributed by atoms with Crippen LogP contribution in [-0.4, -0.2) is 35.1 Å². The van der Waals surface area contributed by atoms with Crippen molar-refractivity contribution in [1.29, 1.82) is 0 Å². The van der Waals surface area contributed by atoms with Gasteiger partial charge in [-0.25, -0.2) is 0 Å². The number of nitrogens with zero attached hydrogens (tertiary/aromatic N) is 1. The number of carboxylic acid groups (broad SMARTS) is 1. The Morgan fingerprint density at radius 1 is 1.41 bits per heavy atom. The molecule has 0 saturated heterocycles. The first-order valence-corrected chi connectivity index (χ1v) is 6.62. The summed E-state index contributed by atoms with van der Waals surface area (Å²) in [6.45, 7) is 4.83. The van der Waals surface area contributed by atoms with E-state index in [0.29, 0.717) is 12.4 Å². The van der Waals surface area contributed by atoms with E-state index >= 15 is 0 Å². The minimum atomic E-state index is -1.18. The molecule has 8 heteroatoms. The summed E-state index contributed by atoms with van der Waals surface area (Å²) in [5.41, 5.74) is -1.71. The zero-order valence-electron chi connectivity index (χ0n) is 12.6. The van der Waals surface area contributed by atoms with E-state index in [-0.39, 0.29) is 17.8 Å². The van der Waals surface area contributed by atoms with Crippen molar-refractivity contribution in [2.45, 2.75) is 20.8 Å². The molecule has 0 fully saturated rings. The number of carbonyl (C=O) groups is 2. The van der Waals surface area contributed by atoms with Gasteiger partial charge in [0.25, 0.3) is 11.6 Å². The molecule has 1 aromatic rings. The second-order valence-corrected chi connectivity index (χ2v) is 5.24. The zero-order chi connectivity index (χ0) is 16.9. The summed E-state index contributed by atoms with van der Waals surface area (Å²) in [4.78, 5) is 33.5. The lowest BCUT2D eigenvalue weighted by atomic mass is 9.94. The summed E-state index contributed by atoms with van der Waals surface area (Å²) in [7, 11) is 0. The fraction of sp³-hybridized carbons (Fsp3) is 0.429. The minimum absolute atomic E-state index is 0.156. The van der Waals surface area contributed by atoms with E-state index in [4.69, 9.17) is 9.84 Å². The van der Waals surface area contributed by atoms with E-state index in [1.54, 1.807) is 6.92 Å². The Hall–Kier alpha value is -2.64. The van der Waals surface area contributed by atoms with Crippen molar-refractivity contribution in [3.63, 3.8) is 0 Å². The number of nitro benzene ring substituents is 1. The first-order chi connectivity index (χ1) is 10.2. The summed E-state index contributed by atoms with van der Waals surface area (Å²) in [5.74, 6) is -1.47. The number of carbonyl (C=O) groups excluding carboxylic acids is 1. The predicted molar refractivity (Wildman–Crippen MR) is 78.0 cm³/mol. The number of ether oxygens (including phenoxy) is 1. The van der Waals surface area contributed by atoms with Crippen LogP contribution in [0.1, 0.15) is 31.1 Å². The lowest BCUT2D eigenvalue weighted by Crippen LogP contribution is -2.39. The highest BCUT2D eigenvalue weighted by Gasteiger charge is 2.29. The Morgan fingerprint density at radius 3 is 2.55 bits per heavy atom. The molecular weight excluding hydrogens is 292 g/mol. The molecule has 0 radical (unpaired) electrons. The van der Waals surface area contributed by atoms with E-state index in [1.807, 2.05) is 0 Å². The third-order valence-electron chi connectivity index (χ3n) is 2.99. The van der Waals surface area contributed by atoms with Gasteiger partial charge in [0.1, 0.15) is 11.3 Å². The Bertz CT molecular complexity index is 597. The van der Waals surface area contributed by atoms with Crippen LogP contribution in [0.3, 0.4) is 0 Å². The number of nitrogens with one attached hydrogen (secondary N) is 1. The summed E-state index contributed by atoms with van der Waals surface area (Å²) >= 11 is 0. The maximum absolute atomic E-state index is 12.1.